The number of methoxy groups -OCH3 is 1. The lowest BCUT2D eigenvalue weighted by Gasteiger charge is -2.37. The molecule has 0 aliphatic carbocycles. The third-order valence-electron chi connectivity index (χ3n) is 3.94. The van der Waals surface area contributed by atoms with Gasteiger partial charge in [-0.15, -0.1) is 0 Å². The summed E-state index contributed by atoms with van der Waals surface area (Å²) in [6.07, 6.45) is 6.13. The van der Waals surface area contributed by atoms with Gasteiger partial charge in [-0.05, 0) is 52.7 Å². The van der Waals surface area contributed by atoms with E-state index in [9.17, 15) is 0 Å². The quantitative estimate of drug-likeness (QED) is 0.775. The van der Waals surface area contributed by atoms with Gasteiger partial charge in [-0.3, -0.25) is 0 Å². The molecular weight excluding hydrogens is 252 g/mol. The lowest BCUT2D eigenvalue weighted by atomic mass is 9.90. The molecule has 0 saturated carbocycles. The van der Waals surface area contributed by atoms with Crippen molar-refractivity contribution in [2.45, 2.75) is 51.7 Å². The van der Waals surface area contributed by atoms with Crippen LogP contribution >= 0.6 is 0 Å². The van der Waals surface area contributed by atoms with Crippen LogP contribution in [0.4, 0.5) is 0 Å². The Morgan fingerprint density at radius 2 is 1.90 bits per heavy atom. The maximum absolute atomic E-state index is 6.18. The average molecular weight is 274 g/mol. The van der Waals surface area contributed by atoms with E-state index in [1.807, 2.05) is 6.07 Å². The van der Waals surface area contributed by atoms with E-state index in [4.69, 9.17) is 14.2 Å². The first kappa shape index (κ1) is 13.3. The first-order chi connectivity index (χ1) is 9.31. The van der Waals surface area contributed by atoms with Crippen LogP contribution in [-0.2, 0) is 6.42 Å². The molecule has 0 spiro atoms. The summed E-state index contributed by atoms with van der Waals surface area (Å²) in [6.45, 7) is 8.36. The highest BCUT2D eigenvalue weighted by molar-refractivity contribution is 5.72. The van der Waals surface area contributed by atoms with Gasteiger partial charge in [0.2, 0.25) is 0 Å². The van der Waals surface area contributed by atoms with Crippen LogP contribution < -0.4 is 14.2 Å². The second-order valence-electron chi connectivity index (χ2n) is 6.70. The number of hydrogen-bond donors (Lipinski definition) is 0. The third kappa shape index (κ3) is 2.15. The number of fused-ring (bicyclic) bond motifs is 3. The Morgan fingerprint density at radius 1 is 1.15 bits per heavy atom. The smallest absolute Gasteiger partial charge is 0.138 e. The zero-order valence-corrected chi connectivity index (χ0v) is 12.9. The summed E-state index contributed by atoms with van der Waals surface area (Å²) in [4.78, 5) is 0. The molecule has 2 heterocycles. The maximum atomic E-state index is 6.18. The predicted octanol–water partition coefficient (Wildman–Crippen LogP) is 3.98. The molecular formula is C17H22O3. The molecule has 3 heteroatoms. The van der Waals surface area contributed by atoms with Gasteiger partial charge < -0.3 is 14.2 Å². The van der Waals surface area contributed by atoms with Gasteiger partial charge in [0.25, 0.3) is 0 Å². The van der Waals surface area contributed by atoms with Crippen LogP contribution in [-0.4, -0.2) is 18.3 Å². The molecule has 1 aromatic rings. The Bertz CT molecular complexity index is 582. The van der Waals surface area contributed by atoms with Crippen molar-refractivity contribution in [3.63, 3.8) is 0 Å². The Balaban J connectivity index is 2.17. The van der Waals surface area contributed by atoms with Gasteiger partial charge in [0.05, 0.1) is 12.7 Å². The second kappa shape index (κ2) is 4.18. The topological polar surface area (TPSA) is 27.7 Å². The van der Waals surface area contributed by atoms with E-state index in [-0.39, 0.29) is 11.2 Å². The van der Waals surface area contributed by atoms with E-state index in [1.54, 1.807) is 7.11 Å². The molecule has 0 N–H and O–H groups in total. The van der Waals surface area contributed by atoms with E-state index >= 15 is 0 Å². The zero-order valence-electron chi connectivity index (χ0n) is 12.9. The van der Waals surface area contributed by atoms with Gasteiger partial charge in [-0.25, -0.2) is 0 Å². The van der Waals surface area contributed by atoms with Crippen LogP contribution in [0, 0.1) is 0 Å². The van der Waals surface area contributed by atoms with Crippen LogP contribution in [0.15, 0.2) is 12.1 Å². The molecule has 0 atom stereocenters. The van der Waals surface area contributed by atoms with Gasteiger partial charge in [-0.1, -0.05) is 0 Å². The Kier molecular flexibility index (Phi) is 2.79. The molecule has 0 bridgehead atoms. The molecule has 0 unspecified atom stereocenters. The SMILES string of the molecule is COc1cc2c(c3c1C=CC(C)(C)O3)CCC(C)(C)O2. The lowest BCUT2D eigenvalue weighted by molar-refractivity contribution is 0.0801. The van der Waals surface area contributed by atoms with Gasteiger partial charge in [0.1, 0.15) is 28.5 Å². The molecule has 1 aromatic carbocycles. The number of benzene rings is 1. The zero-order chi connectivity index (χ0) is 14.5. The summed E-state index contributed by atoms with van der Waals surface area (Å²) in [6, 6.07) is 1.99. The highest BCUT2D eigenvalue weighted by Gasteiger charge is 2.34. The molecule has 3 nitrogen and oxygen atoms in total. The van der Waals surface area contributed by atoms with Crippen molar-refractivity contribution < 1.29 is 14.2 Å². The van der Waals surface area contributed by atoms with E-state index in [0.29, 0.717) is 0 Å². The van der Waals surface area contributed by atoms with Crippen LogP contribution in [0.25, 0.3) is 6.08 Å². The van der Waals surface area contributed by atoms with Crippen molar-refractivity contribution >= 4 is 6.08 Å². The van der Waals surface area contributed by atoms with Crippen molar-refractivity contribution in [3.8, 4) is 17.2 Å². The molecule has 3 rings (SSSR count). The average Bonchev–Trinajstić information content (AvgIpc) is 2.35. The molecule has 0 amide bonds. The van der Waals surface area contributed by atoms with Gasteiger partial charge in [0, 0.05) is 11.6 Å². The van der Waals surface area contributed by atoms with Gasteiger partial charge in [-0.2, -0.15) is 0 Å². The minimum absolute atomic E-state index is 0.133. The first-order valence-corrected chi connectivity index (χ1v) is 7.12. The fourth-order valence-electron chi connectivity index (χ4n) is 2.80. The second-order valence-corrected chi connectivity index (χ2v) is 6.70. The largest absolute Gasteiger partial charge is 0.496 e. The van der Waals surface area contributed by atoms with Gasteiger partial charge in [0.15, 0.2) is 0 Å². The number of hydrogen-bond acceptors (Lipinski definition) is 3. The molecule has 0 radical (unpaired) electrons. The minimum atomic E-state index is -0.292. The van der Waals surface area contributed by atoms with Crippen LogP contribution in [0.2, 0.25) is 0 Å². The number of ether oxygens (including phenoxy) is 3. The monoisotopic (exact) mass is 274 g/mol. The summed E-state index contributed by atoms with van der Waals surface area (Å²) < 4.78 is 17.8. The minimum Gasteiger partial charge on any atom is -0.496 e. The van der Waals surface area contributed by atoms with Crippen LogP contribution in [0.5, 0.6) is 17.2 Å². The van der Waals surface area contributed by atoms with E-state index in [2.05, 4.69) is 39.8 Å². The third-order valence-corrected chi connectivity index (χ3v) is 3.94. The first-order valence-electron chi connectivity index (χ1n) is 7.12. The van der Waals surface area contributed by atoms with Crippen molar-refractivity contribution in [1.29, 1.82) is 0 Å². The van der Waals surface area contributed by atoms with E-state index < -0.39 is 0 Å². The van der Waals surface area contributed by atoms with Crippen molar-refractivity contribution in [1.82, 2.24) is 0 Å². The van der Waals surface area contributed by atoms with Crippen molar-refractivity contribution in [2.24, 2.45) is 0 Å². The Labute approximate surface area is 120 Å². The highest BCUT2D eigenvalue weighted by Crippen LogP contribution is 2.47. The van der Waals surface area contributed by atoms with Crippen molar-refractivity contribution in [2.75, 3.05) is 7.11 Å². The summed E-state index contributed by atoms with van der Waals surface area (Å²) in [5.41, 5.74) is 1.76. The molecule has 20 heavy (non-hydrogen) atoms. The summed E-state index contributed by atoms with van der Waals surface area (Å²) in [7, 11) is 1.68. The molecule has 0 aromatic heterocycles. The van der Waals surface area contributed by atoms with Crippen molar-refractivity contribution in [3.05, 3.63) is 23.3 Å². The number of rotatable bonds is 1. The highest BCUT2D eigenvalue weighted by atomic mass is 16.5. The van der Waals surface area contributed by atoms with E-state index in [0.717, 1.165) is 41.2 Å². The molecule has 2 aliphatic rings. The summed E-state index contributed by atoms with van der Waals surface area (Å²) in [5.74, 6) is 2.62. The van der Waals surface area contributed by atoms with E-state index in [1.165, 1.54) is 0 Å². The Morgan fingerprint density at radius 3 is 2.60 bits per heavy atom. The van der Waals surface area contributed by atoms with Crippen LogP contribution in [0.1, 0.15) is 45.2 Å². The molecule has 108 valence electrons. The molecule has 2 aliphatic heterocycles. The molecule has 0 fully saturated rings. The van der Waals surface area contributed by atoms with Gasteiger partial charge >= 0.3 is 0 Å². The predicted molar refractivity (Wildman–Crippen MR) is 79.8 cm³/mol. The standard InChI is InChI=1S/C17H22O3/c1-16(2)8-7-12-14(19-16)10-13(18-5)11-6-9-17(3,4)20-15(11)12/h6,9-10H,7-8H2,1-5H3. The maximum Gasteiger partial charge on any atom is 0.138 e. The molecule has 0 saturated heterocycles. The summed E-state index contributed by atoms with van der Waals surface area (Å²) in [5, 5.41) is 0. The normalized spacial score (nSPS) is 21.2. The summed E-state index contributed by atoms with van der Waals surface area (Å²) >= 11 is 0. The fraction of sp³-hybridized carbons (Fsp3) is 0.529. The fourth-order valence-corrected chi connectivity index (χ4v) is 2.80. The van der Waals surface area contributed by atoms with Crippen LogP contribution in [0.3, 0.4) is 0 Å². The lowest BCUT2D eigenvalue weighted by Crippen LogP contribution is -2.34. The Hall–Kier alpha value is -1.64.